The molecule has 0 heterocycles. The second kappa shape index (κ2) is 7.47. The Bertz CT molecular complexity index is 759. The lowest BCUT2D eigenvalue weighted by Crippen LogP contribution is -2.29. The van der Waals surface area contributed by atoms with Crippen molar-refractivity contribution in [3.8, 4) is 5.40 Å². The van der Waals surface area contributed by atoms with E-state index in [1.807, 2.05) is 37.4 Å². The summed E-state index contributed by atoms with van der Waals surface area (Å²) in [5.41, 5.74) is 2.93. The Labute approximate surface area is 138 Å². The van der Waals surface area contributed by atoms with Gasteiger partial charge in [0.2, 0.25) is 0 Å². The summed E-state index contributed by atoms with van der Waals surface area (Å²) in [6.07, 6.45) is 0. The van der Waals surface area contributed by atoms with Crippen LogP contribution in [0, 0.1) is 24.5 Å². The molecule has 2 aromatic carbocycles. The van der Waals surface area contributed by atoms with Gasteiger partial charge in [-0.3, -0.25) is 9.59 Å². The van der Waals surface area contributed by atoms with Crippen LogP contribution in [-0.2, 0) is 9.59 Å². The van der Waals surface area contributed by atoms with E-state index in [0.717, 1.165) is 27.8 Å². The number of carbonyl (C=O) groups is 2. The number of aryl methyl sites for hydroxylation is 2. The number of amides is 2. The molecular formula is C17H15N3O2S. The van der Waals surface area contributed by atoms with Crippen molar-refractivity contribution in [2.75, 3.05) is 10.6 Å². The molecule has 0 aliphatic carbocycles. The lowest BCUT2D eigenvalue weighted by molar-refractivity contribution is -0.133. The second-order valence-electron chi connectivity index (χ2n) is 4.89. The van der Waals surface area contributed by atoms with Crippen LogP contribution < -0.4 is 10.6 Å². The molecule has 0 unspecified atom stereocenters. The molecular weight excluding hydrogens is 310 g/mol. The average molecular weight is 325 g/mol. The van der Waals surface area contributed by atoms with Gasteiger partial charge in [0.05, 0.1) is 0 Å². The van der Waals surface area contributed by atoms with E-state index in [1.54, 1.807) is 24.3 Å². The van der Waals surface area contributed by atoms with Gasteiger partial charge >= 0.3 is 11.8 Å². The molecule has 0 fully saturated rings. The number of thiocyanates is 1. The maximum Gasteiger partial charge on any atom is 0.314 e. The van der Waals surface area contributed by atoms with Gasteiger partial charge in [0.25, 0.3) is 0 Å². The molecule has 2 rings (SSSR count). The molecule has 6 heteroatoms. The van der Waals surface area contributed by atoms with Crippen molar-refractivity contribution in [3.63, 3.8) is 0 Å². The summed E-state index contributed by atoms with van der Waals surface area (Å²) in [6, 6.07) is 12.3. The van der Waals surface area contributed by atoms with Gasteiger partial charge in [-0.15, -0.1) is 0 Å². The minimum Gasteiger partial charge on any atom is -0.318 e. The third kappa shape index (κ3) is 4.34. The fourth-order valence-corrected chi connectivity index (χ4v) is 2.41. The van der Waals surface area contributed by atoms with Gasteiger partial charge in [0.1, 0.15) is 5.40 Å². The van der Waals surface area contributed by atoms with E-state index in [0.29, 0.717) is 11.4 Å². The summed E-state index contributed by atoms with van der Waals surface area (Å²) in [5, 5.41) is 15.7. The van der Waals surface area contributed by atoms with Crippen LogP contribution in [0.1, 0.15) is 11.1 Å². The summed E-state index contributed by atoms with van der Waals surface area (Å²) in [5.74, 6) is -1.47. The van der Waals surface area contributed by atoms with Gasteiger partial charge in [0.15, 0.2) is 0 Å². The Morgan fingerprint density at radius 3 is 2.09 bits per heavy atom. The molecule has 116 valence electrons. The predicted octanol–water partition coefficient (Wildman–Crippen LogP) is 3.45. The third-order valence-corrected chi connectivity index (χ3v) is 3.80. The smallest absolute Gasteiger partial charge is 0.314 e. The highest BCUT2D eigenvalue weighted by molar-refractivity contribution is 8.03. The van der Waals surface area contributed by atoms with Crippen LogP contribution in [0.5, 0.6) is 0 Å². The van der Waals surface area contributed by atoms with Gasteiger partial charge in [0, 0.05) is 16.3 Å². The van der Waals surface area contributed by atoms with Crippen LogP contribution in [0.25, 0.3) is 0 Å². The van der Waals surface area contributed by atoms with E-state index in [-0.39, 0.29) is 0 Å². The van der Waals surface area contributed by atoms with E-state index in [4.69, 9.17) is 5.26 Å². The first-order chi connectivity index (χ1) is 11.0. The molecule has 0 aromatic heterocycles. The summed E-state index contributed by atoms with van der Waals surface area (Å²) >= 11 is 1.03. The van der Waals surface area contributed by atoms with Gasteiger partial charge in [-0.1, -0.05) is 18.2 Å². The SMILES string of the molecule is Cc1cccc(C)c1NC(=O)C(=O)Nc1ccc(SC#N)cc1. The van der Waals surface area contributed by atoms with Gasteiger partial charge in [-0.2, -0.15) is 5.26 Å². The van der Waals surface area contributed by atoms with Crippen molar-refractivity contribution in [2.45, 2.75) is 18.7 Å². The van der Waals surface area contributed by atoms with Gasteiger partial charge < -0.3 is 10.6 Å². The Morgan fingerprint density at radius 2 is 1.52 bits per heavy atom. The van der Waals surface area contributed by atoms with Crippen molar-refractivity contribution in [1.82, 2.24) is 0 Å². The number of benzene rings is 2. The maximum absolute atomic E-state index is 12.0. The maximum atomic E-state index is 12.0. The minimum absolute atomic E-state index is 0.494. The molecule has 5 nitrogen and oxygen atoms in total. The standard InChI is InChI=1S/C17H15N3O2S/c1-11-4-3-5-12(2)15(11)20-17(22)16(21)19-13-6-8-14(9-7-13)23-10-18/h3-9H,1-2H3,(H,19,21)(H,20,22). The Hall–Kier alpha value is -2.78. The monoisotopic (exact) mass is 325 g/mol. The highest BCUT2D eigenvalue weighted by atomic mass is 32.2. The number of para-hydroxylation sites is 1. The Morgan fingerprint density at radius 1 is 0.957 bits per heavy atom. The first-order valence-corrected chi connectivity index (χ1v) is 7.67. The van der Waals surface area contributed by atoms with Crippen molar-refractivity contribution < 1.29 is 9.59 Å². The van der Waals surface area contributed by atoms with Gasteiger partial charge in [-0.05, 0) is 61.0 Å². The molecule has 0 aliphatic heterocycles. The van der Waals surface area contributed by atoms with Crippen LogP contribution >= 0.6 is 11.8 Å². The summed E-state index contributed by atoms with van der Waals surface area (Å²) in [4.78, 5) is 24.8. The predicted molar refractivity (Wildman–Crippen MR) is 91.1 cm³/mol. The van der Waals surface area contributed by atoms with Crippen LogP contribution in [0.3, 0.4) is 0 Å². The number of nitrogens with zero attached hydrogens (tertiary/aromatic N) is 1. The number of carbonyl (C=O) groups excluding carboxylic acids is 2. The van der Waals surface area contributed by atoms with Crippen molar-refractivity contribution in [1.29, 1.82) is 5.26 Å². The Balaban J connectivity index is 2.03. The van der Waals surface area contributed by atoms with Crippen LogP contribution in [0.4, 0.5) is 11.4 Å². The topological polar surface area (TPSA) is 82.0 Å². The molecule has 0 bridgehead atoms. The normalized spacial score (nSPS) is 9.78. The number of hydrogen-bond acceptors (Lipinski definition) is 4. The molecule has 2 amide bonds. The zero-order chi connectivity index (χ0) is 16.8. The molecule has 2 aromatic rings. The van der Waals surface area contributed by atoms with E-state index >= 15 is 0 Å². The second-order valence-corrected chi connectivity index (χ2v) is 5.75. The van der Waals surface area contributed by atoms with Crippen LogP contribution in [0.2, 0.25) is 0 Å². The number of anilines is 2. The molecule has 0 spiro atoms. The van der Waals surface area contributed by atoms with Crippen molar-refractivity contribution >= 4 is 35.0 Å². The molecule has 2 N–H and O–H groups in total. The van der Waals surface area contributed by atoms with Crippen molar-refractivity contribution in [2.24, 2.45) is 0 Å². The quantitative estimate of drug-likeness (QED) is 0.514. The van der Waals surface area contributed by atoms with Crippen LogP contribution in [-0.4, -0.2) is 11.8 Å². The fraction of sp³-hybridized carbons (Fsp3) is 0.118. The molecule has 23 heavy (non-hydrogen) atoms. The minimum atomic E-state index is -0.742. The Kier molecular flexibility index (Phi) is 5.39. The van der Waals surface area contributed by atoms with E-state index in [2.05, 4.69) is 10.6 Å². The molecule has 0 aliphatic rings. The highest BCUT2D eigenvalue weighted by Crippen LogP contribution is 2.20. The molecule has 0 saturated carbocycles. The zero-order valence-corrected chi connectivity index (χ0v) is 13.5. The number of nitrogens with one attached hydrogen (secondary N) is 2. The number of rotatable bonds is 3. The highest BCUT2D eigenvalue weighted by Gasteiger charge is 2.16. The first kappa shape index (κ1) is 16.6. The lowest BCUT2D eigenvalue weighted by atomic mass is 10.1. The lowest BCUT2D eigenvalue weighted by Gasteiger charge is -2.11. The molecule has 0 atom stereocenters. The van der Waals surface area contributed by atoms with E-state index in [1.165, 1.54) is 0 Å². The zero-order valence-electron chi connectivity index (χ0n) is 12.7. The number of hydrogen-bond donors (Lipinski definition) is 2. The van der Waals surface area contributed by atoms with Crippen molar-refractivity contribution in [3.05, 3.63) is 53.6 Å². The van der Waals surface area contributed by atoms with E-state index < -0.39 is 11.8 Å². The third-order valence-electron chi connectivity index (χ3n) is 3.20. The molecule has 0 saturated heterocycles. The number of nitriles is 1. The first-order valence-electron chi connectivity index (χ1n) is 6.86. The average Bonchev–Trinajstić information content (AvgIpc) is 2.53. The van der Waals surface area contributed by atoms with E-state index in [9.17, 15) is 9.59 Å². The summed E-state index contributed by atoms with van der Waals surface area (Å²) in [7, 11) is 0. The summed E-state index contributed by atoms with van der Waals surface area (Å²) < 4.78 is 0. The fourth-order valence-electron chi connectivity index (χ4n) is 2.03. The largest absolute Gasteiger partial charge is 0.318 e. The van der Waals surface area contributed by atoms with Crippen LogP contribution in [0.15, 0.2) is 47.4 Å². The summed E-state index contributed by atoms with van der Waals surface area (Å²) in [6.45, 7) is 3.73. The van der Waals surface area contributed by atoms with Gasteiger partial charge in [-0.25, -0.2) is 0 Å². The molecule has 0 radical (unpaired) electrons. The number of thioether (sulfide) groups is 1.